The van der Waals surface area contributed by atoms with Crippen LogP contribution in [0.25, 0.3) is 22.6 Å². The fraction of sp³-hybridized carbons (Fsp3) is 0.364. The zero-order valence-electron chi connectivity index (χ0n) is 19.1. The molecule has 12 heteroatoms. The number of halogens is 1. The Labute approximate surface area is 195 Å². The number of tetrazole rings is 1. The van der Waals surface area contributed by atoms with E-state index >= 15 is 0 Å². The fourth-order valence-corrected chi connectivity index (χ4v) is 3.42. The lowest BCUT2D eigenvalue weighted by Gasteiger charge is -2.14. The van der Waals surface area contributed by atoms with E-state index in [-0.39, 0.29) is 19.0 Å². The molecule has 1 aliphatic rings. The second-order valence-electron chi connectivity index (χ2n) is 8.16. The highest BCUT2D eigenvalue weighted by Gasteiger charge is 2.32. The van der Waals surface area contributed by atoms with Gasteiger partial charge in [-0.25, -0.2) is 9.18 Å². The summed E-state index contributed by atoms with van der Waals surface area (Å²) in [5.74, 6) is -0.324. The van der Waals surface area contributed by atoms with Gasteiger partial charge < -0.3 is 15.0 Å². The van der Waals surface area contributed by atoms with Gasteiger partial charge in [0.15, 0.2) is 0 Å². The van der Waals surface area contributed by atoms with Crippen LogP contribution in [0.5, 0.6) is 0 Å². The normalized spacial score (nSPS) is 15.6. The Balaban J connectivity index is 1.45. The third kappa shape index (κ3) is 5.34. The molecule has 1 N–H and O–H groups in total. The second-order valence-corrected chi connectivity index (χ2v) is 8.16. The first-order valence-corrected chi connectivity index (χ1v) is 10.7. The number of nitrogens with zero attached hydrogens (tertiary/aromatic N) is 7. The van der Waals surface area contributed by atoms with E-state index in [4.69, 9.17) is 4.74 Å². The van der Waals surface area contributed by atoms with Crippen molar-refractivity contribution < 1.29 is 18.7 Å². The first-order chi connectivity index (χ1) is 16.3. The van der Waals surface area contributed by atoms with Crippen molar-refractivity contribution in [2.75, 3.05) is 38.6 Å². The Kier molecular flexibility index (Phi) is 6.77. The number of anilines is 1. The van der Waals surface area contributed by atoms with Crippen LogP contribution in [0.15, 0.2) is 36.5 Å². The number of ether oxygens (including phenoxy) is 1. The maximum atomic E-state index is 14.9. The van der Waals surface area contributed by atoms with Crippen LogP contribution >= 0.6 is 0 Å². The maximum absolute atomic E-state index is 14.9. The number of aromatic nitrogens is 5. The molecule has 2 amide bonds. The summed E-state index contributed by atoms with van der Waals surface area (Å²) in [6.07, 6.45) is 0.464. The van der Waals surface area contributed by atoms with Gasteiger partial charge in [-0.2, -0.15) is 4.80 Å². The van der Waals surface area contributed by atoms with Gasteiger partial charge in [-0.15, -0.1) is 10.2 Å². The van der Waals surface area contributed by atoms with Gasteiger partial charge >= 0.3 is 6.09 Å². The van der Waals surface area contributed by atoms with Crippen molar-refractivity contribution in [3.05, 3.63) is 42.3 Å². The van der Waals surface area contributed by atoms with Crippen molar-refractivity contribution in [2.24, 2.45) is 0 Å². The SMILES string of the molecule is CC(=O)NC[C@H]1CN(c2ccc(-c3ccc(-c4nnn(CCN(C)C)n4)nc3)c(F)c2)C(=O)O1. The summed E-state index contributed by atoms with van der Waals surface area (Å²) in [6.45, 7) is 3.19. The number of rotatable bonds is 8. The monoisotopic (exact) mass is 468 g/mol. The average Bonchev–Trinajstić information content (AvgIpc) is 3.43. The van der Waals surface area contributed by atoms with E-state index in [1.165, 1.54) is 22.7 Å². The molecule has 3 aromatic rings. The molecule has 1 aromatic carbocycles. The topological polar surface area (TPSA) is 118 Å². The second kappa shape index (κ2) is 9.91. The number of benzene rings is 1. The molecule has 3 heterocycles. The van der Waals surface area contributed by atoms with E-state index in [0.717, 1.165) is 6.54 Å². The van der Waals surface area contributed by atoms with Gasteiger partial charge in [-0.3, -0.25) is 14.7 Å². The van der Waals surface area contributed by atoms with Crippen LogP contribution < -0.4 is 10.2 Å². The largest absolute Gasteiger partial charge is 0.442 e. The third-order valence-corrected chi connectivity index (χ3v) is 5.22. The molecule has 4 rings (SSSR count). The predicted molar refractivity (Wildman–Crippen MR) is 121 cm³/mol. The zero-order valence-corrected chi connectivity index (χ0v) is 19.1. The zero-order chi connectivity index (χ0) is 24.2. The number of hydrogen-bond acceptors (Lipinski definition) is 8. The molecule has 1 aliphatic heterocycles. The molecule has 178 valence electrons. The molecule has 0 spiro atoms. The van der Waals surface area contributed by atoms with Gasteiger partial charge in [0.25, 0.3) is 0 Å². The van der Waals surface area contributed by atoms with Crippen LogP contribution in [0.1, 0.15) is 6.92 Å². The number of amides is 2. The number of carbonyl (C=O) groups is 2. The van der Waals surface area contributed by atoms with Gasteiger partial charge in [0, 0.05) is 30.8 Å². The minimum absolute atomic E-state index is 0.203. The van der Waals surface area contributed by atoms with E-state index in [2.05, 4.69) is 25.7 Å². The van der Waals surface area contributed by atoms with Crippen LogP contribution in [-0.4, -0.2) is 81.9 Å². The van der Waals surface area contributed by atoms with Crippen LogP contribution in [0.3, 0.4) is 0 Å². The fourth-order valence-electron chi connectivity index (χ4n) is 3.42. The van der Waals surface area contributed by atoms with E-state index in [9.17, 15) is 14.0 Å². The van der Waals surface area contributed by atoms with Crippen molar-refractivity contribution >= 4 is 17.7 Å². The van der Waals surface area contributed by atoms with Gasteiger partial charge in [-0.05, 0) is 43.6 Å². The Morgan fingerprint density at radius 1 is 1.29 bits per heavy atom. The number of nitrogens with one attached hydrogen (secondary N) is 1. The molecule has 2 aromatic heterocycles. The van der Waals surface area contributed by atoms with E-state index in [1.54, 1.807) is 30.5 Å². The molecule has 0 radical (unpaired) electrons. The van der Waals surface area contributed by atoms with E-state index < -0.39 is 18.0 Å². The lowest BCUT2D eigenvalue weighted by molar-refractivity contribution is -0.119. The summed E-state index contributed by atoms with van der Waals surface area (Å²) in [5, 5.41) is 15.0. The van der Waals surface area contributed by atoms with Crippen LogP contribution in [0.4, 0.5) is 14.9 Å². The van der Waals surface area contributed by atoms with E-state index in [1.807, 2.05) is 19.0 Å². The highest BCUT2D eigenvalue weighted by atomic mass is 19.1. The van der Waals surface area contributed by atoms with Gasteiger partial charge in [0.1, 0.15) is 17.6 Å². The number of likely N-dealkylation sites (N-methyl/N-ethyl adjacent to an activating group) is 1. The number of hydrogen-bond donors (Lipinski definition) is 1. The Morgan fingerprint density at radius 3 is 2.79 bits per heavy atom. The van der Waals surface area contributed by atoms with Gasteiger partial charge in [0.05, 0.1) is 25.3 Å². The molecule has 1 atom stereocenters. The first kappa shape index (κ1) is 23.2. The van der Waals surface area contributed by atoms with Crippen molar-refractivity contribution in [3.63, 3.8) is 0 Å². The number of carbonyl (C=O) groups excluding carboxylic acids is 2. The summed E-state index contributed by atoms with van der Waals surface area (Å²) in [7, 11) is 3.93. The molecular formula is C22H25FN8O3. The highest BCUT2D eigenvalue weighted by Crippen LogP contribution is 2.29. The van der Waals surface area contributed by atoms with Crippen molar-refractivity contribution in [1.29, 1.82) is 0 Å². The minimum Gasteiger partial charge on any atom is -0.442 e. The molecule has 0 aliphatic carbocycles. The molecule has 1 fully saturated rings. The highest BCUT2D eigenvalue weighted by molar-refractivity contribution is 5.90. The first-order valence-electron chi connectivity index (χ1n) is 10.7. The number of pyridine rings is 1. The lowest BCUT2D eigenvalue weighted by atomic mass is 10.1. The Hall–Kier alpha value is -3.93. The maximum Gasteiger partial charge on any atom is 0.414 e. The summed E-state index contributed by atoms with van der Waals surface area (Å²) >= 11 is 0. The van der Waals surface area contributed by atoms with E-state index in [0.29, 0.717) is 34.9 Å². The lowest BCUT2D eigenvalue weighted by Crippen LogP contribution is -2.33. The van der Waals surface area contributed by atoms with Crippen LogP contribution in [0.2, 0.25) is 0 Å². The quantitative estimate of drug-likeness (QED) is 0.529. The molecule has 0 bridgehead atoms. The average molecular weight is 468 g/mol. The van der Waals surface area contributed by atoms with Crippen molar-refractivity contribution in [2.45, 2.75) is 19.6 Å². The molecule has 11 nitrogen and oxygen atoms in total. The Bertz CT molecular complexity index is 1180. The van der Waals surface area contributed by atoms with Crippen molar-refractivity contribution in [1.82, 2.24) is 35.4 Å². The summed E-state index contributed by atoms with van der Waals surface area (Å²) in [5.41, 5.74) is 1.81. The van der Waals surface area contributed by atoms with Gasteiger partial charge in [0.2, 0.25) is 11.7 Å². The van der Waals surface area contributed by atoms with Gasteiger partial charge in [-0.1, -0.05) is 6.07 Å². The third-order valence-electron chi connectivity index (χ3n) is 5.22. The summed E-state index contributed by atoms with van der Waals surface area (Å²) < 4.78 is 20.2. The Morgan fingerprint density at radius 2 is 2.12 bits per heavy atom. The smallest absolute Gasteiger partial charge is 0.414 e. The summed E-state index contributed by atoms with van der Waals surface area (Å²) in [4.78, 5) is 32.5. The van der Waals surface area contributed by atoms with Crippen LogP contribution in [0, 0.1) is 5.82 Å². The molecular weight excluding hydrogens is 443 g/mol. The number of cyclic esters (lactones) is 1. The molecule has 0 unspecified atom stereocenters. The molecule has 1 saturated heterocycles. The molecule has 0 saturated carbocycles. The standard InChI is InChI=1S/C22H25FN8O3/c1-14(32)24-12-17-13-30(22(33)34-17)16-5-6-18(19(23)10-16)15-4-7-20(25-11-15)21-26-28-31(27-21)9-8-29(2)3/h4-7,10-11,17H,8-9,12-13H2,1-3H3,(H,24,32)/t17-/m0/s1. The minimum atomic E-state index is -0.584. The predicted octanol–water partition coefficient (Wildman–Crippen LogP) is 1.56. The van der Waals surface area contributed by atoms with Crippen LogP contribution in [-0.2, 0) is 16.1 Å². The van der Waals surface area contributed by atoms with Crippen molar-refractivity contribution in [3.8, 4) is 22.6 Å². The summed E-state index contributed by atoms with van der Waals surface area (Å²) in [6, 6.07) is 7.95. The molecule has 34 heavy (non-hydrogen) atoms.